The number of nitro benzene ring substituents is 1. The summed E-state index contributed by atoms with van der Waals surface area (Å²) in [6, 6.07) is 12.5. The van der Waals surface area contributed by atoms with Gasteiger partial charge in [0.2, 0.25) is 0 Å². The second-order valence-corrected chi connectivity index (χ2v) is 5.59. The molecule has 0 bridgehead atoms. The lowest BCUT2D eigenvalue weighted by Crippen LogP contribution is -2.02. The van der Waals surface area contributed by atoms with Crippen molar-refractivity contribution in [3.05, 3.63) is 70.4 Å². The lowest BCUT2D eigenvalue weighted by atomic mass is 10.1. The average molecular weight is 323 g/mol. The Morgan fingerprint density at radius 3 is 2.58 bits per heavy atom. The maximum absolute atomic E-state index is 11.0. The minimum absolute atomic E-state index is 0.0500. The average Bonchev–Trinajstić information content (AvgIpc) is 2.93. The number of nitro groups is 1. The zero-order valence-electron chi connectivity index (χ0n) is 13.5. The highest BCUT2D eigenvalue weighted by Crippen LogP contribution is 2.28. The molecular formula is C18H17N3O3. The number of hydrogen-bond donors (Lipinski definition) is 0. The molecule has 0 amide bonds. The van der Waals surface area contributed by atoms with Crippen molar-refractivity contribution in [2.45, 2.75) is 13.5 Å². The van der Waals surface area contributed by atoms with Crippen molar-refractivity contribution in [3.8, 4) is 5.75 Å². The molecule has 1 heterocycles. The first-order chi connectivity index (χ1) is 11.5. The van der Waals surface area contributed by atoms with Crippen molar-refractivity contribution < 1.29 is 9.66 Å². The highest BCUT2D eigenvalue weighted by Gasteiger charge is 2.15. The van der Waals surface area contributed by atoms with E-state index >= 15 is 0 Å². The van der Waals surface area contributed by atoms with E-state index < -0.39 is 4.92 Å². The molecule has 0 aliphatic carbocycles. The summed E-state index contributed by atoms with van der Waals surface area (Å²) in [6.07, 6.45) is 0. The second kappa shape index (κ2) is 6.16. The van der Waals surface area contributed by atoms with E-state index in [1.165, 1.54) is 6.07 Å². The number of aromatic nitrogens is 2. The Morgan fingerprint density at radius 2 is 2.00 bits per heavy atom. The molecule has 3 aromatic rings. The van der Waals surface area contributed by atoms with Crippen LogP contribution >= 0.6 is 0 Å². The lowest BCUT2D eigenvalue weighted by Gasteiger charge is -2.05. The van der Waals surface area contributed by atoms with Crippen molar-refractivity contribution in [2.75, 3.05) is 7.11 Å². The molecule has 0 aliphatic rings. The molecular weight excluding hydrogens is 306 g/mol. The fourth-order valence-corrected chi connectivity index (χ4v) is 2.62. The van der Waals surface area contributed by atoms with Gasteiger partial charge in [0.15, 0.2) is 0 Å². The molecule has 6 heteroatoms. The normalized spacial score (nSPS) is 10.8. The minimum atomic E-state index is -0.400. The smallest absolute Gasteiger partial charge is 0.270 e. The van der Waals surface area contributed by atoms with Crippen molar-refractivity contribution in [2.24, 2.45) is 0 Å². The van der Waals surface area contributed by atoms with Gasteiger partial charge in [0.1, 0.15) is 5.75 Å². The Morgan fingerprint density at radius 1 is 1.29 bits per heavy atom. The Kier molecular flexibility index (Phi) is 4.04. The van der Waals surface area contributed by atoms with Crippen LogP contribution in [0.2, 0.25) is 0 Å². The molecule has 0 spiro atoms. The maximum Gasteiger partial charge on any atom is 0.270 e. The third-order valence-electron chi connectivity index (χ3n) is 3.84. The molecule has 0 aliphatic heterocycles. The Hall–Kier alpha value is -3.15. The van der Waals surface area contributed by atoms with Gasteiger partial charge in [0, 0.05) is 17.5 Å². The molecule has 0 fully saturated rings. The highest BCUT2D eigenvalue weighted by molar-refractivity contribution is 5.91. The van der Waals surface area contributed by atoms with Gasteiger partial charge in [0.05, 0.1) is 29.8 Å². The van der Waals surface area contributed by atoms with E-state index in [-0.39, 0.29) is 5.69 Å². The van der Waals surface area contributed by atoms with Gasteiger partial charge in [-0.15, -0.1) is 0 Å². The van der Waals surface area contributed by atoms with Gasteiger partial charge >= 0.3 is 0 Å². The Bertz CT molecular complexity index is 927. The fraction of sp³-hybridized carbons (Fsp3) is 0.167. The molecule has 1 aromatic heterocycles. The SMILES string of the molecule is C=C(C)c1nn(Cc2ccc(OC)cc2)c2ccc([N+](=O)[O-])cc12. The largest absolute Gasteiger partial charge is 0.497 e. The van der Waals surface area contributed by atoms with Crippen LogP contribution in [0.3, 0.4) is 0 Å². The molecule has 3 rings (SSSR count). The topological polar surface area (TPSA) is 70.2 Å². The molecule has 2 aromatic carbocycles. The number of rotatable bonds is 5. The van der Waals surface area contributed by atoms with Crippen LogP contribution in [0.15, 0.2) is 49.0 Å². The Balaban J connectivity index is 2.06. The number of nitrogens with zero attached hydrogens (tertiary/aromatic N) is 3. The van der Waals surface area contributed by atoms with Crippen LogP contribution in [0.25, 0.3) is 16.5 Å². The summed E-state index contributed by atoms with van der Waals surface area (Å²) in [4.78, 5) is 10.6. The van der Waals surface area contributed by atoms with E-state index in [9.17, 15) is 10.1 Å². The monoisotopic (exact) mass is 323 g/mol. The van der Waals surface area contributed by atoms with Gasteiger partial charge in [-0.05, 0) is 36.3 Å². The molecule has 24 heavy (non-hydrogen) atoms. The van der Waals surface area contributed by atoms with E-state index in [2.05, 4.69) is 11.7 Å². The van der Waals surface area contributed by atoms with Crippen LogP contribution in [0.4, 0.5) is 5.69 Å². The second-order valence-electron chi connectivity index (χ2n) is 5.59. The zero-order valence-corrected chi connectivity index (χ0v) is 13.5. The van der Waals surface area contributed by atoms with E-state index in [0.717, 1.165) is 27.8 Å². The first kappa shape index (κ1) is 15.7. The molecule has 0 unspecified atom stereocenters. The van der Waals surface area contributed by atoms with Gasteiger partial charge in [-0.2, -0.15) is 5.10 Å². The van der Waals surface area contributed by atoms with Gasteiger partial charge in [0.25, 0.3) is 5.69 Å². The quantitative estimate of drug-likeness (QED) is 0.525. The summed E-state index contributed by atoms with van der Waals surface area (Å²) >= 11 is 0. The maximum atomic E-state index is 11.0. The predicted molar refractivity (Wildman–Crippen MR) is 93.2 cm³/mol. The summed E-state index contributed by atoms with van der Waals surface area (Å²) in [7, 11) is 1.63. The summed E-state index contributed by atoms with van der Waals surface area (Å²) in [5.74, 6) is 0.794. The Labute approximate surface area is 139 Å². The van der Waals surface area contributed by atoms with Gasteiger partial charge < -0.3 is 4.74 Å². The van der Waals surface area contributed by atoms with Crippen molar-refractivity contribution >= 4 is 22.2 Å². The number of benzene rings is 2. The zero-order chi connectivity index (χ0) is 17.3. The van der Waals surface area contributed by atoms with Crippen LogP contribution < -0.4 is 4.74 Å². The summed E-state index contributed by atoms with van der Waals surface area (Å²) < 4.78 is 7.00. The van der Waals surface area contributed by atoms with Crippen molar-refractivity contribution in [3.63, 3.8) is 0 Å². The predicted octanol–water partition coefficient (Wildman–Crippen LogP) is 4.03. The van der Waals surface area contributed by atoms with Crippen LogP contribution in [-0.2, 0) is 6.54 Å². The number of allylic oxidation sites excluding steroid dienone is 1. The summed E-state index contributed by atoms with van der Waals surface area (Å²) in [5, 5.41) is 16.4. The number of methoxy groups -OCH3 is 1. The summed E-state index contributed by atoms with van der Waals surface area (Å²) in [5.41, 5.74) is 3.41. The minimum Gasteiger partial charge on any atom is -0.497 e. The fourth-order valence-electron chi connectivity index (χ4n) is 2.62. The molecule has 6 nitrogen and oxygen atoms in total. The van der Waals surface area contributed by atoms with Crippen LogP contribution in [0.1, 0.15) is 18.2 Å². The number of hydrogen-bond acceptors (Lipinski definition) is 4. The first-order valence-corrected chi connectivity index (χ1v) is 7.43. The van der Waals surface area contributed by atoms with Crippen LogP contribution in [-0.4, -0.2) is 21.8 Å². The lowest BCUT2D eigenvalue weighted by molar-refractivity contribution is -0.384. The third-order valence-corrected chi connectivity index (χ3v) is 3.84. The molecule has 0 radical (unpaired) electrons. The number of non-ortho nitro benzene ring substituents is 1. The molecule has 0 atom stereocenters. The van der Waals surface area contributed by atoms with E-state index in [1.54, 1.807) is 19.2 Å². The van der Waals surface area contributed by atoms with Gasteiger partial charge in [-0.25, -0.2) is 0 Å². The van der Waals surface area contributed by atoms with Gasteiger partial charge in [-0.3, -0.25) is 14.8 Å². The van der Waals surface area contributed by atoms with Crippen molar-refractivity contribution in [1.29, 1.82) is 0 Å². The van der Waals surface area contributed by atoms with Crippen LogP contribution in [0, 0.1) is 10.1 Å². The van der Waals surface area contributed by atoms with Crippen molar-refractivity contribution in [1.82, 2.24) is 9.78 Å². The molecule has 0 saturated heterocycles. The van der Waals surface area contributed by atoms with E-state index in [1.807, 2.05) is 35.9 Å². The van der Waals surface area contributed by atoms with Crippen LogP contribution in [0.5, 0.6) is 5.75 Å². The van der Waals surface area contributed by atoms with Gasteiger partial charge in [-0.1, -0.05) is 18.7 Å². The standard InChI is InChI=1S/C18H17N3O3/c1-12(2)18-16-10-14(21(22)23)6-9-17(16)20(19-18)11-13-4-7-15(24-3)8-5-13/h4-10H,1,11H2,2-3H3. The number of fused-ring (bicyclic) bond motifs is 1. The molecule has 122 valence electrons. The number of ether oxygens (including phenoxy) is 1. The van der Waals surface area contributed by atoms with E-state index in [0.29, 0.717) is 12.2 Å². The van der Waals surface area contributed by atoms with E-state index in [4.69, 9.17) is 4.74 Å². The molecule has 0 saturated carbocycles. The first-order valence-electron chi connectivity index (χ1n) is 7.43. The third kappa shape index (κ3) is 2.86. The summed E-state index contributed by atoms with van der Waals surface area (Å²) in [6.45, 7) is 6.34. The molecule has 0 N–H and O–H groups in total. The highest BCUT2D eigenvalue weighted by atomic mass is 16.6.